The Bertz CT molecular complexity index is 585. The molecular weight excluding hydrogens is 288 g/mol. The lowest BCUT2D eigenvalue weighted by Crippen LogP contribution is -2.45. The van der Waals surface area contributed by atoms with E-state index in [1.807, 2.05) is 6.92 Å². The van der Waals surface area contributed by atoms with Crippen LogP contribution in [0.4, 0.5) is 5.69 Å². The lowest BCUT2D eigenvalue weighted by atomic mass is 9.98. The fraction of sp³-hybridized carbons (Fsp3) is 0.467. The third-order valence-electron chi connectivity index (χ3n) is 3.69. The molecule has 7 nitrogen and oxygen atoms in total. The zero-order valence-electron chi connectivity index (χ0n) is 12.8. The molecule has 0 aliphatic rings. The molecule has 0 unspecified atom stereocenters. The second kappa shape index (κ2) is 7.53. The molecule has 2 atom stereocenters. The van der Waals surface area contributed by atoms with Crippen molar-refractivity contribution in [2.24, 2.45) is 5.92 Å². The Morgan fingerprint density at radius 1 is 1.36 bits per heavy atom. The van der Waals surface area contributed by atoms with Crippen molar-refractivity contribution in [1.29, 1.82) is 0 Å². The minimum Gasteiger partial charge on any atom is -0.480 e. The van der Waals surface area contributed by atoms with Crippen molar-refractivity contribution >= 4 is 17.6 Å². The molecule has 1 aromatic rings. The maximum absolute atomic E-state index is 12.2. The van der Waals surface area contributed by atoms with Gasteiger partial charge in [0.15, 0.2) is 0 Å². The van der Waals surface area contributed by atoms with E-state index in [1.165, 1.54) is 18.2 Å². The van der Waals surface area contributed by atoms with Crippen molar-refractivity contribution in [3.05, 3.63) is 39.4 Å². The van der Waals surface area contributed by atoms with Crippen LogP contribution in [-0.2, 0) is 11.2 Å². The predicted molar refractivity (Wildman–Crippen MR) is 80.8 cm³/mol. The van der Waals surface area contributed by atoms with Crippen LogP contribution in [0.3, 0.4) is 0 Å². The Hall–Kier alpha value is -2.44. The van der Waals surface area contributed by atoms with Gasteiger partial charge in [0.2, 0.25) is 0 Å². The summed E-state index contributed by atoms with van der Waals surface area (Å²) in [6.07, 6.45) is 1.06. The zero-order valence-corrected chi connectivity index (χ0v) is 12.8. The summed E-state index contributed by atoms with van der Waals surface area (Å²) in [4.78, 5) is 33.9. The van der Waals surface area contributed by atoms with Gasteiger partial charge in [-0.2, -0.15) is 0 Å². The van der Waals surface area contributed by atoms with Crippen LogP contribution < -0.4 is 5.32 Å². The van der Waals surface area contributed by atoms with Gasteiger partial charge in [-0.25, -0.2) is 4.79 Å². The van der Waals surface area contributed by atoms with E-state index >= 15 is 0 Å². The number of nitrogens with zero attached hydrogens (tertiary/aromatic N) is 1. The van der Waals surface area contributed by atoms with Crippen molar-refractivity contribution in [1.82, 2.24) is 5.32 Å². The summed E-state index contributed by atoms with van der Waals surface area (Å²) in [6.45, 7) is 5.33. The first kappa shape index (κ1) is 17.6. The smallest absolute Gasteiger partial charge is 0.326 e. The molecule has 0 saturated heterocycles. The number of benzene rings is 1. The fourth-order valence-electron chi connectivity index (χ4n) is 2.08. The van der Waals surface area contributed by atoms with Crippen LogP contribution in [0.2, 0.25) is 0 Å². The number of hydrogen-bond acceptors (Lipinski definition) is 4. The third-order valence-corrected chi connectivity index (χ3v) is 3.69. The zero-order chi connectivity index (χ0) is 16.9. The van der Waals surface area contributed by atoms with Crippen LogP contribution in [0.15, 0.2) is 18.2 Å². The first-order chi connectivity index (χ1) is 10.3. The number of nitrogens with one attached hydrogen (secondary N) is 1. The van der Waals surface area contributed by atoms with E-state index in [2.05, 4.69) is 5.32 Å². The Labute approximate surface area is 128 Å². The number of aryl methyl sites for hydroxylation is 1. The van der Waals surface area contributed by atoms with Crippen molar-refractivity contribution in [3.8, 4) is 0 Å². The number of aliphatic carboxylic acids is 1. The first-order valence-electron chi connectivity index (χ1n) is 7.12. The monoisotopic (exact) mass is 308 g/mol. The summed E-state index contributed by atoms with van der Waals surface area (Å²) in [5.41, 5.74) is 0.474. The molecule has 1 aromatic carbocycles. The number of amides is 1. The largest absolute Gasteiger partial charge is 0.480 e. The summed E-state index contributed by atoms with van der Waals surface area (Å²) >= 11 is 0. The van der Waals surface area contributed by atoms with Gasteiger partial charge < -0.3 is 10.4 Å². The number of carbonyl (C=O) groups is 2. The quantitative estimate of drug-likeness (QED) is 0.593. The molecule has 0 fully saturated rings. The molecule has 2 N–H and O–H groups in total. The first-order valence-corrected chi connectivity index (χ1v) is 7.12. The number of rotatable bonds is 7. The molecule has 0 aliphatic heterocycles. The second-order valence-corrected chi connectivity index (χ2v) is 5.13. The van der Waals surface area contributed by atoms with Crippen molar-refractivity contribution in [2.45, 2.75) is 39.7 Å². The highest BCUT2D eigenvalue weighted by molar-refractivity contribution is 5.97. The van der Waals surface area contributed by atoms with E-state index in [1.54, 1.807) is 13.8 Å². The molecule has 22 heavy (non-hydrogen) atoms. The van der Waals surface area contributed by atoms with E-state index in [0.717, 1.165) is 0 Å². The standard InChI is InChI=1S/C15H20N2O5/c1-4-9(3)13(15(19)20)16-14(18)11-7-6-10(5-2)12(8-11)17(21)22/h6-9,13H,4-5H2,1-3H3,(H,16,18)(H,19,20)/t9-,13-/m0/s1. The lowest BCUT2D eigenvalue weighted by molar-refractivity contribution is -0.385. The van der Waals surface area contributed by atoms with Crippen LogP contribution in [0.5, 0.6) is 0 Å². The summed E-state index contributed by atoms with van der Waals surface area (Å²) < 4.78 is 0. The number of carboxylic acid groups (broad SMARTS) is 1. The summed E-state index contributed by atoms with van der Waals surface area (Å²) in [6, 6.07) is 3.15. The molecule has 1 amide bonds. The SMILES string of the molecule is CCc1ccc(C(=O)N[C@H](C(=O)O)[C@@H](C)CC)cc1[N+](=O)[O-]. The maximum atomic E-state index is 12.2. The number of hydrogen-bond donors (Lipinski definition) is 2. The van der Waals surface area contributed by atoms with E-state index in [9.17, 15) is 24.8 Å². The molecule has 0 aliphatic carbocycles. The van der Waals surface area contributed by atoms with Crippen LogP contribution in [0, 0.1) is 16.0 Å². The normalized spacial score (nSPS) is 13.2. The van der Waals surface area contributed by atoms with Gasteiger partial charge in [0, 0.05) is 17.2 Å². The molecule has 0 spiro atoms. The Morgan fingerprint density at radius 3 is 2.45 bits per heavy atom. The van der Waals surface area contributed by atoms with Crippen molar-refractivity contribution in [3.63, 3.8) is 0 Å². The lowest BCUT2D eigenvalue weighted by Gasteiger charge is -2.20. The van der Waals surface area contributed by atoms with E-state index in [-0.39, 0.29) is 17.2 Å². The van der Waals surface area contributed by atoms with Gasteiger partial charge in [-0.05, 0) is 18.4 Å². The van der Waals surface area contributed by atoms with Crippen LogP contribution in [0.25, 0.3) is 0 Å². The summed E-state index contributed by atoms with van der Waals surface area (Å²) in [7, 11) is 0. The number of carboxylic acids is 1. The Morgan fingerprint density at radius 2 is 2.00 bits per heavy atom. The van der Waals surface area contributed by atoms with Gasteiger partial charge in [-0.15, -0.1) is 0 Å². The van der Waals surface area contributed by atoms with E-state index in [0.29, 0.717) is 18.4 Å². The molecule has 0 bridgehead atoms. The van der Waals surface area contributed by atoms with E-state index < -0.39 is 22.8 Å². The molecule has 0 saturated carbocycles. The fourth-order valence-corrected chi connectivity index (χ4v) is 2.08. The van der Waals surface area contributed by atoms with Crippen molar-refractivity contribution in [2.75, 3.05) is 0 Å². The highest BCUT2D eigenvalue weighted by Gasteiger charge is 2.26. The van der Waals surface area contributed by atoms with E-state index in [4.69, 9.17) is 0 Å². The predicted octanol–water partition coefficient (Wildman–Crippen LogP) is 2.39. The topological polar surface area (TPSA) is 110 Å². The number of nitro benzene ring substituents is 1. The van der Waals surface area contributed by atoms with Gasteiger partial charge in [0.25, 0.3) is 11.6 Å². The van der Waals surface area contributed by atoms with Crippen LogP contribution >= 0.6 is 0 Å². The highest BCUT2D eigenvalue weighted by Crippen LogP contribution is 2.21. The van der Waals surface area contributed by atoms with Gasteiger partial charge in [0.05, 0.1) is 4.92 Å². The van der Waals surface area contributed by atoms with Crippen molar-refractivity contribution < 1.29 is 19.6 Å². The second-order valence-electron chi connectivity index (χ2n) is 5.13. The minimum absolute atomic E-state index is 0.0819. The minimum atomic E-state index is -1.12. The van der Waals surface area contributed by atoms with Crippen LogP contribution in [0.1, 0.15) is 43.1 Å². The third kappa shape index (κ3) is 4.03. The average Bonchev–Trinajstić information content (AvgIpc) is 2.50. The molecule has 120 valence electrons. The molecule has 0 radical (unpaired) electrons. The van der Waals surface area contributed by atoms with Gasteiger partial charge in [0.1, 0.15) is 6.04 Å². The van der Waals surface area contributed by atoms with Gasteiger partial charge >= 0.3 is 5.97 Å². The molecule has 0 aromatic heterocycles. The molecular formula is C15H20N2O5. The average molecular weight is 308 g/mol. The van der Waals surface area contributed by atoms with Gasteiger partial charge in [-0.3, -0.25) is 14.9 Å². The number of carbonyl (C=O) groups excluding carboxylic acids is 1. The summed E-state index contributed by atoms with van der Waals surface area (Å²) in [5, 5.41) is 22.6. The van der Waals surface area contributed by atoms with Gasteiger partial charge in [-0.1, -0.05) is 33.3 Å². The maximum Gasteiger partial charge on any atom is 0.326 e. The number of nitro groups is 1. The molecule has 1 rings (SSSR count). The Kier molecular flexibility index (Phi) is 6.03. The van der Waals surface area contributed by atoms with Crippen LogP contribution in [-0.4, -0.2) is 27.9 Å². The molecule has 0 heterocycles. The summed E-state index contributed by atoms with van der Waals surface area (Å²) in [5.74, 6) is -1.99. The highest BCUT2D eigenvalue weighted by atomic mass is 16.6. The molecule has 7 heteroatoms. The Balaban J connectivity index is 3.05.